The molecule has 1 aliphatic heterocycles. The van der Waals surface area contributed by atoms with E-state index in [0.717, 1.165) is 0 Å². The molecule has 102 valence electrons. The maximum absolute atomic E-state index is 9.39. The van der Waals surface area contributed by atoms with Crippen LogP contribution >= 0.6 is 0 Å². The molecule has 8 nitrogen and oxygen atoms in total. The molecular weight excluding hydrogens is 279 g/mol. The van der Waals surface area contributed by atoms with Gasteiger partial charge in [-0.2, -0.15) is 6.42 Å². The zero-order valence-corrected chi connectivity index (χ0v) is 12.9. The molecule has 5 atom stereocenters. The van der Waals surface area contributed by atoms with Gasteiger partial charge in [0, 0.05) is 7.11 Å². The summed E-state index contributed by atoms with van der Waals surface area (Å²) in [6.07, 6.45) is -4.76. The molecule has 1 saturated heterocycles. The Morgan fingerprint density at radius 3 is 1.94 bits per heavy atom. The molecule has 0 aliphatic carbocycles. The standard InChI is InChI=1S/C8H15O5.Na.O3S/c1-3-4-5(9)6(10)7(11)8(12-2)13-4;;1-4(2)3/h4-11H,1,3H2,2H3;;/q-1;+1;/t4?,5-,6+,7?,8+;;/m1../s1. The molecule has 1 aliphatic rings. The van der Waals surface area contributed by atoms with E-state index in [9.17, 15) is 15.3 Å². The Bertz CT molecular complexity index is 292. The first-order valence-corrected chi connectivity index (χ1v) is 5.63. The summed E-state index contributed by atoms with van der Waals surface area (Å²) in [7, 11) is -1.75. The zero-order valence-electron chi connectivity index (χ0n) is 10.1. The van der Waals surface area contributed by atoms with Crippen LogP contribution in [0.3, 0.4) is 0 Å². The van der Waals surface area contributed by atoms with Crippen molar-refractivity contribution in [1.82, 2.24) is 0 Å². The molecule has 0 aromatic carbocycles. The van der Waals surface area contributed by atoms with Gasteiger partial charge in [0.1, 0.15) is 18.3 Å². The molecule has 1 heterocycles. The smallest absolute Gasteiger partial charge is 0.388 e. The average Bonchev–Trinajstić information content (AvgIpc) is 2.26. The van der Waals surface area contributed by atoms with E-state index >= 15 is 0 Å². The number of aliphatic hydroxyl groups excluding tert-OH is 3. The van der Waals surface area contributed by atoms with Crippen LogP contribution in [0, 0.1) is 6.92 Å². The topological polar surface area (TPSA) is 130 Å². The van der Waals surface area contributed by atoms with E-state index in [1.54, 1.807) is 0 Å². The van der Waals surface area contributed by atoms with Crippen molar-refractivity contribution in [2.75, 3.05) is 7.11 Å². The van der Waals surface area contributed by atoms with Crippen LogP contribution in [-0.4, -0.2) is 65.8 Å². The molecule has 0 aromatic rings. The van der Waals surface area contributed by atoms with Crippen molar-refractivity contribution in [1.29, 1.82) is 0 Å². The number of aliphatic hydroxyl groups is 3. The van der Waals surface area contributed by atoms with Gasteiger partial charge in [0.05, 0.1) is 6.10 Å². The third kappa shape index (κ3) is 6.55. The minimum absolute atomic E-state index is 0. The van der Waals surface area contributed by atoms with Crippen LogP contribution < -0.4 is 29.6 Å². The fraction of sp³-hybridized carbons (Fsp3) is 0.875. The van der Waals surface area contributed by atoms with Crippen molar-refractivity contribution in [3.8, 4) is 0 Å². The maximum Gasteiger partial charge on any atom is 1.00 e. The van der Waals surface area contributed by atoms with Gasteiger partial charge in [0.15, 0.2) is 6.29 Å². The van der Waals surface area contributed by atoms with Gasteiger partial charge in [0.2, 0.25) is 0 Å². The first-order valence-electron chi connectivity index (χ1n) is 4.63. The molecule has 2 unspecified atom stereocenters. The van der Waals surface area contributed by atoms with Crippen LogP contribution in [0.25, 0.3) is 0 Å². The van der Waals surface area contributed by atoms with E-state index in [2.05, 4.69) is 6.92 Å². The number of hydrogen-bond donors (Lipinski definition) is 3. The number of methoxy groups -OCH3 is 1. The van der Waals surface area contributed by atoms with Crippen molar-refractivity contribution < 1.29 is 67.0 Å². The summed E-state index contributed by atoms with van der Waals surface area (Å²) in [4.78, 5) is 0. The normalized spacial score (nSPS) is 34.8. The predicted octanol–water partition coefficient (Wildman–Crippen LogP) is -5.34. The SMILES string of the molecule is O=S(=O)=O.[CH2-]CC1O[C@H](OC)C(O)[C@@H](O)[C@@H]1O.[Na+]. The molecule has 0 aromatic heterocycles. The molecule has 3 N–H and O–H groups in total. The third-order valence-electron chi connectivity index (χ3n) is 2.19. The third-order valence-corrected chi connectivity index (χ3v) is 2.19. The van der Waals surface area contributed by atoms with Crippen molar-refractivity contribution in [2.24, 2.45) is 0 Å². The van der Waals surface area contributed by atoms with Gasteiger partial charge in [-0.05, 0) is 0 Å². The molecule has 0 spiro atoms. The van der Waals surface area contributed by atoms with Crippen molar-refractivity contribution >= 4 is 10.6 Å². The quantitative estimate of drug-likeness (QED) is 0.340. The van der Waals surface area contributed by atoms with Crippen molar-refractivity contribution in [2.45, 2.75) is 37.1 Å². The van der Waals surface area contributed by atoms with E-state index < -0.39 is 41.3 Å². The second kappa shape index (κ2) is 10.2. The predicted molar refractivity (Wildman–Crippen MR) is 53.4 cm³/mol. The van der Waals surface area contributed by atoms with Gasteiger partial charge in [-0.1, -0.05) is 0 Å². The molecule has 1 fully saturated rings. The van der Waals surface area contributed by atoms with E-state index in [0.29, 0.717) is 6.42 Å². The minimum Gasteiger partial charge on any atom is -0.388 e. The Kier molecular flexibility index (Phi) is 11.8. The Hall–Kier alpha value is 0.420. The van der Waals surface area contributed by atoms with Crippen LogP contribution in [0.5, 0.6) is 0 Å². The molecule has 0 radical (unpaired) electrons. The Balaban J connectivity index is 0. The van der Waals surface area contributed by atoms with E-state index in [-0.39, 0.29) is 29.6 Å². The van der Waals surface area contributed by atoms with Crippen LogP contribution in [0.2, 0.25) is 0 Å². The number of hydrogen-bond acceptors (Lipinski definition) is 8. The summed E-state index contributed by atoms with van der Waals surface area (Å²) < 4.78 is 35.3. The minimum atomic E-state index is -3.11. The van der Waals surface area contributed by atoms with E-state index in [4.69, 9.17) is 22.1 Å². The second-order valence-corrected chi connectivity index (χ2v) is 3.65. The summed E-state index contributed by atoms with van der Waals surface area (Å²) in [5.74, 6) is 0. The number of ether oxygens (including phenoxy) is 2. The Morgan fingerprint density at radius 2 is 1.61 bits per heavy atom. The van der Waals surface area contributed by atoms with Crippen LogP contribution in [0.4, 0.5) is 0 Å². The monoisotopic (exact) mass is 294 g/mol. The summed E-state index contributed by atoms with van der Waals surface area (Å²) in [5, 5.41) is 28.1. The van der Waals surface area contributed by atoms with Gasteiger partial charge >= 0.3 is 40.2 Å². The largest absolute Gasteiger partial charge is 1.00 e. The molecule has 0 amide bonds. The summed E-state index contributed by atoms with van der Waals surface area (Å²) in [5.41, 5.74) is 0. The molecule has 0 bridgehead atoms. The molecule has 0 saturated carbocycles. The first-order chi connectivity index (χ1) is 7.84. The Labute approximate surface area is 128 Å². The van der Waals surface area contributed by atoms with Crippen molar-refractivity contribution in [3.63, 3.8) is 0 Å². The van der Waals surface area contributed by atoms with Crippen LogP contribution in [-0.2, 0) is 20.1 Å². The molecule has 10 heteroatoms. The molecule has 18 heavy (non-hydrogen) atoms. The first kappa shape index (κ1) is 20.7. The van der Waals surface area contributed by atoms with Crippen LogP contribution in [0.1, 0.15) is 6.42 Å². The van der Waals surface area contributed by atoms with Gasteiger partial charge in [-0.25, -0.2) is 0 Å². The molecular formula is C8H15NaO8S. The van der Waals surface area contributed by atoms with Crippen molar-refractivity contribution in [3.05, 3.63) is 6.92 Å². The second-order valence-electron chi connectivity index (χ2n) is 3.24. The Morgan fingerprint density at radius 1 is 1.17 bits per heavy atom. The maximum atomic E-state index is 9.39. The fourth-order valence-electron chi connectivity index (χ4n) is 1.35. The fourth-order valence-corrected chi connectivity index (χ4v) is 1.35. The van der Waals surface area contributed by atoms with Gasteiger partial charge in [-0.15, -0.1) is 12.6 Å². The summed E-state index contributed by atoms with van der Waals surface area (Å²) in [6.45, 7) is 3.55. The van der Waals surface area contributed by atoms with Gasteiger partial charge < -0.3 is 31.7 Å². The molecule has 1 rings (SSSR count). The summed E-state index contributed by atoms with van der Waals surface area (Å²) >= 11 is 0. The zero-order chi connectivity index (χ0) is 13.6. The van der Waals surface area contributed by atoms with E-state index in [1.807, 2.05) is 0 Å². The van der Waals surface area contributed by atoms with Gasteiger partial charge in [-0.3, -0.25) is 0 Å². The van der Waals surface area contributed by atoms with Gasteiger partial charge in [0.25, 0.3) is 0 Å². The number of rotatable bonds is 2. The summed E-state index contributed by atoms with van der Waals surface area (Å²) in [6, 6.07) is 0. The average molecular weight is 294 g/mol. The van der Waals surface area contributed by atoms with E-state index in [1.165, 1.54) is 7.11 Å². The van der Waals surface area contributed by atoms with Crippen LogP contribution in [0.15, 0.2) is 0 Å².